The van der Waals surface area contributed by atoms with Crippen LogP contribution in [-0.2, 0) is 13.6 Å². The van der Waals surface area contributed by atoms with Gasteiger partial charge in [0.15, 0.2) is 5.69 Å². The lowest BCUT2D eigenvalue weighted by molar-refractivity contribution is 0.0692. The van der Waals surface area contributed by atoms with Gasteiger partial charge in [0, 0.05) is 19.3 Å². The van der Waals surface area contributed by atoms with Crippen molar-refractivity contribution in [2.24, 2.45) is 7.05 Å². The summed E-state index contributed by atoms with van der Waals surface area (Å²) in [6.45, 7) is 3.75. The van der Waals surface area contributed by atoms with Gasteiger partial charge in [-0.05, 0) is 44.2 Å². The average Bonchev–Trinajstić information content (AvgIpc) is 3.20. The molecular formula is C20H17N7O4. The number of carbonyl (C=O) groups is 1. The molecule has 0 aliphatic rings. The summed E-state index contributed by atoms with van der Waals surface area (Å²) in [5.74, 6) is -1.28. The van der Waals surface area contributed by atoms with Crippen molar-refractivity contribution in [2.45, 2.75) is 20.4 Å². The molecule has 0 aliphatic heterocycles. The number of aryl methyl sites for hydroxylation is 3. The van der Waals surface area contributed by atoms with Gasteiger partial charge in [0.1, 0.15) is 11.6 Å². The van der Waals surface area contributed by atoms with Crippen LogP contribution >= 0.6 is 0 Å². The molecule has 0 fully saturated rings. The molecule has 3 aromatic heterocycles. The lowest BCUT2D eigenvalue weighted by Gasteiger charge is -2.12. The molecule has 11 nitrogen and oxygen atoms in total. The van der Waals surface area contributed by atoms with E-state index in [-0.39, 0.29) is 28.0 Å². The highest BCUT2D eigenvalue weighted by Gasteiger charge is 2.22. The van der Waals surface area contributed by atoms with Crippen LogP contribution in [0.25, 0.3) is 22.3 Å². The molecule has 1 N–H and O–H groups in total. The number of hydrogen-bond acceptors (Lipinski definition) is 6. The Morgan fingerprint density at radius 2 is 1.84 bits per heavy atom. The van der Waals surface area contributed by atoms with Crippen LogP contribution in [0.3, 0.4) is 0 Å². The molecule has 0 bridgehead atoms. The minimum Gasteiger partial charge on any atom is -0.476 e. The number of hydrogen-bond donors (Lipinski definition) is 1. The fourth-order valence-corrected chi connectivity index (χ4v) is 3.63. The van der Waals surface area contributed by atoms with E-state index in [0.717, 1.165) is 9.25 Å². The quantitative estimate of drug-likeness (QED) is 0.519. The Morgan fingerprint density at radius 1 is 1.19 bits per heavy atom. The third-order valence-corrected chi connectivity index (χ3v) is 4.92. The Labute approximate surface area is 174 Å². The van der Waals surface area contributed by atoms with Crippen molar-refractivity contribution in [3.63, 3.8) is 0 Å². The molecular weight excluding hydrogens is 402 g/mol. The van der Waals surface area contributed by atoms with Gasteiger partial charge in [-0.2, -0.15) is 5.26 Å². The third-order valence-electron chi connectivity index (χ3n) is 4.92. The molecule has 0 aliphatic carbocycles. The standard InChI is InChI=1S/C20H17N7O4/c1-4-25-17-14(9-11(2)22-16(17)19(29)30)18(28)27(25)13-7-5-12(6-8-13)26-15(10-21)23-24(3)20(26)31/h5-9H,4H2,1-3H3,(H,29,30). The Kier molecular flexibility index (Phi) is 4.54. The van der Waals surface area contributed by atoms with Gasteiger partial charge in [-0.1, -0.05) is 0 Å². The van der Waals surface area contributed by atoms with Gasteiger partial charge in [0.25, 0.3) is 5.56 Å². The summed E-state index contributed by atoms with van der Waals surface area (Å²) in [7, 11) is 1.45. The Hall–Kier alpha value is -4.46. The number of benzene rings is 1. The van der Waals surface area contributed by atoms with Crippen LogP contribution in [-0.4, -0.2) is 39.8 Å². The van der Waals surface area contributed by atoms with E-state index in [1.165, 1.54) is 11.7 Å². The first-order valence-electron chi connectivity index (χ1n) is 9.31. The number of carboxylic acid groups (broad SMARTS) is 1. The van der Waals surface area contributed by atoms with Gasteiger partial charge in [0.05, 0.1) is 16.8 Å². The van der Waals surface area contributed by atoms with Crippen LogP contribution in [0, 0.1) is 18.3 Å². The topological polar surface area (TPSA) is 141 Å². The Bertz CT molecular complexity index is 1510. The largest absolute Gasteiger partial charge is 0.476 e. The maximum atomic E-state index is 13.2. The second-order valence-electron chi connectivity index (χ2n) is 6.84. The summed E-state index contributed by atoms with van der Waals surface area (Å²) < 4.78 is 5.16. The van der Waals surface area contributed by atoms with Crippen molar-refractivity contribution in [1.82, 2.24) is 28.7 Å². The monoisotopic (exact) mass is 419 g/mol. The third kappa shape index (κ3) is 2.93. The molecule has 31 heavy (non-hydrogen) atoms. The van der Waals surface area contributed by atoms with Crippen molar-refractivity contribution >= 4 is 16.9 Å². The summed E-state index contributed by atoms with van der Waals surface area (Å²) in [5.41, 5.74) is 0.504. The van der Waals surface area contributed by atoms with Crippen LogP contribution in [0.15, 0.2) is 39.9 Å². The van der Waals surface area contributed by atoms with E-state index in [0.29, 0.717) is 23.6 Å². The molecule has 4 aromatic rings. The molecule has 0 radical (unpaired) electrons. The second kappa shape index (κ2) is 7.10. The average molecular weight is 419 g/mol. The zero-order valence-corrected chi connectivity index (χ0v) is 16.9. The van der Waals surface area contributed by atoms with E-state index in [9.17, 15) is 24.8 Å². The molecule has 4 rings (SSSR count). The fourth-order valence-electron chi connectivity index (χ4n) is 3.63. The van der Waals surface area contributed by atoms with Crippen LogP contribution in [0.5, 0.6) is 0 Å². The lowest BCUT2D eigenvalue weighted by Crippen LogP contribution is -2.23. The first-order valence-corrected chi connectivity index (χ1v) is 9.31. The van der Waals surface area contributed by atoms with E-state index >= 15 is 0 Å². The van der Waals surface area contributed by atoms with Crippen LogP contribution < -0.4 is 11.2 Å². The predicted molar refractivity (Wildman–Crippen MR) is 110 cm³/mol. The highest BCUT2D eigenvalue weighted by atomic mass is 16.4. The second-order valence-corrected chi connectivity index (χ2v) is 6.84. The number of nitrogens with zero attached hydrogens (tertiary/aromatic N) is 7. The van der Waals surface area contributed by atoms with Gasteiger partial charge in [-0.15, -0.1) is 5.10 Å². The molecule has 0 spiro atoms. The minimum absolute atomic E-state index is 0.0623. The minimum atomic E-state index is -1.22. The van der Waals surface area contributed by atoms with Gasteiger partial charge < -0.3 is 5.11 Å². The first-order chi connectivity index (χ1) is 14.8. The summed E-state index contributed by atoms with van der Waals surface area (Å²) in [6, 6.07) is 9.85. The zero-order chi connectivity index (χ0) is 22.4. The Balaban J connectivity index is 1.95. The van der Waals surface area contributed by atoms with Gasteiger partial charge in [-0.3, -0.25) is 9.48 Å². The normalized spacial score (nSPS) is 11.0. The molecule has 3 heterocycles. The fraction of sp³-hybridized carbons (Fsp3) is 0.200. The van der Waals surface area contributed by atoms with Gasteiger partial charge in [0.2, 0.25) is 5.82 Å². The molecule has 156 valence electrons. The molecule has 0 saturated carbocycles. The first kappa shape index (κ1) is 19.8. The molecule has 0 unspecified atom stereocenters. The van der Waals surface area contributed by atoms with Crippen LogP contribution in [0.1, 0.15) is 28.9 Å². The summed E-state index contributed by atoms with van der Waals surface area (Å²) in [4.78, 5) is 41.3. The van der Waals surface area contributed by atoms with Crippen molar-refractivity contribution in [1.29, 1.82) is 5.26 Å². The number of carboxylic acids is 1. The number of aromatic nitrogens is 6. The predicted octanol–water partition coefficient (Wildman–Crippen LogP) is 0.970. The highest BCUT2D eigenvalue weighted by molar-refractivity contribution is 6.00. The molecule has 0 amide bonds. The molecule has 11 heteroatoms. The summed E-state index contributed by atoms with van der Waals surface area (Å²) in [5, 5.41) is 23.0. The summed E-state index contributed by atoms with van der Waals surface area (Å²) in [6.07, 6.45) is 0. The van der Waals surface area contributed by atoms with E-state index in [4.69, 9.17) is 0 Å². The van der Waals surface area contributed by atoms with E-state index < -0.39 is 11.7 Å². The highest BCUT2D eigenvalue weighted by Crippen LogP contribution is 2.20. The molecule has 0 saturated heterocycles. The van der Waals surface area contributed by atoms with E-state index in [1.54, 1.807) is 48.9 Å². The van der Waals surface area contributed by atoms with Crippen molar-refractivity contribution in [3.05, 3.63) is 68.4 Å². The van der Waals surface area contributed by atoms with Crippen LogP contribution in [0.4, 0.5) is 0 Å². The van der Waals surface area contributed by atoms with Crippen LogP contribution in [0.2, 0.25) is 0 Å². The number of nitriles is 1. The maximum Gasteiger partial charge on any atom is 0.356 e. The number of pyridine rings is 1. The lowest BCUT2D eigenvalue weighted by atomic mass is 10.2. The number of fused-ring (bicyclic) bond motifs is 1. The summed E-state index contributed by atoms with van der Waals surface area (Å²) >= 11 is 0. The van der Waals surface area contributed by atoms with Crippen molar-refractivity contribution in [2.75, 3.05) is 0 Å². The number of rotatable bonds is 4. The maximum absolute atomic E-state index is 13.2. The SMILES string of the molecule is CCn1c2c(C(=O)O)nc(C)cc2c(=O)n1-c1ccc(-n2c(C#N)nn(C)c2=O)cc1. The van der Waals surface area contributed by atoms with Crippen molar-refractivity contribution < 1.29 is 9.90 Å². The van der Waals surface area contributed by atoms with Crippen molar-refractivity contribution in [3.8, 4) is 17.4 Å². The molecule has 1 aromatic carbocycles. The van der Waals surface area contributed by atoms with Gasteiger partial charge >= 0.3 is 11.7 Å². The van der Waals surface area contributed by atoms with Gasteiger partial charge in [-0.25, -0.2) is 28.5 Å². The number of aromatic carboxylic acids is 1. The zero-order valence-electron chi connectivity index (χ0n) is 16.9. The van der Waals surface area contributed by atoms with E-state index in [2.05, 4.69) is 10.1 Å². The smallest absolute Gasteiger partial charge is 0.356 e. The Morgan fingerprint density at radius 3 is 2.42 bits per heavy atom. The molecule has 0 atom stereocenters. The van der Waals surface area contributed by atoms with E-state index in [1.807, 2.05) is 6.07 Å².